The molecule has 1 heterocycles. The van der Waals surface area contributed by atoms with Crippen molar-refractivity contribution >= 4 is 11.6 Å². The van der Waals surface area contributed by atoms with Crippen LogP contribution >= 0.6 is 11.6 Å². The average Bonchev–Trinajstić information content (AvgIpc) is 2.20. The maximum Gasteiger partial charge on any atom is 0.283 e. The molecule has 1 aromatic rings. The SMILES string of the molecule is N#CCc1nc(C(F)F)c(F)cc1CCl. The number of rotatable bonds is 3. The van der Waals surface area contributed by atoms with E-state index in [2.05, 4.69) is 4.98 Å². The van der Waals surface area contributed by atoms with Gasteiger partial charge in [-0.3, -0.25) is 0 Å². The van der Waals surface area contributed by atoms with E-state index in [1.54, 1.807) is 6.07 Å². The lowest BCUT2D eigenvalue weighted by Gasteiger charge is -2.07. The zero-order chi connectivity index (χ0) is 11.4. The summed E-state index contributed by atoms with van der Waals surface area (Å²) >= 11 is 5.47. The molecule has 2 nitrogen and oxygen atoms in total. The van der Waals surface area contributed by atoms with Crippen LogP contribution in [0.4, 0.5) is 13.2 Å². The highest BCUT2D eigenvalue weighted by atomic mass is 35.5. The predicted molar refractivity (Wildman–Crippen MR) is 48.0 cm³/mol. The summed E-state index contributed by atoms with van der Waals surface area (Å²) in [6, 6.07) is 2.65. The van der Waals surface area contributed by atoms with E-state index in [9.17, 15) is 13.2 Å². The van der Waals surface area contributed by atoms with Gasteiger partial charge in [-0.15, -0.1) is 11.6 Å². The number of aromatic nitrogens is 1. The van der Waals surface area contributed by atoms with E-state index >= 15 is 0 Å². The number of nitriles is 1. The standard InChI is InChI=1S/C9H6ClF3N2/c10-4-5-3-6(11)8(9(12)13)15-7(5)1-2-14/h3,9H,1,4H2. The van der Waals surface area contributed by atoms with E-state index in [1.165, 1.54) is 0 Å². The van der Waals surface area contributed by atoms with Crippen LogP contribution in [0.25, 0.3) is 0 Å². The van der Waals surface area contributed by atoms with Gasteiger partial charge in [0, 0.05) is 5.88 Å². The van der Waals surface area contributed by atoms with Crippen molar-refractivity contribution in [2.75, 3.05) is 0 Å². The Balaban J connectivity index is 3.25. The van der Waals surface area contributed by atoms with Crippen LogP contribution in [-0.4, -0.2) is 4.98 Å². The molecule has 0 unspecified atom stereocenters. The van der Waals surface area contributed by atoms with Gasteiger partial charge in [0.15, 0.2) is 5.82 Å². The number of pyridine rings is 1. The number of nitrogens with zero attached hydrogens (tertiary/aromatic N) is 2. The summed E-state index contributed by atoms with van der Waals surface area (Å²) < 4.78 is 37.6. The molecule has 0 amide bonds. The van der Waals surface area contributed by atoms with E-state index < -0.39 is 17.9 Å². The first-order chi connectivity index (χ1) is 7.10. The van der Waals surface area contributed by atoms with Gasteiger partial charge in [0.2, 0.25) is 0 Å². The molecule has 0 atom stereocenters. The second-order valence-electron chi connectivity index (χ2n) is 2.73. The molecule has 1 aromatic heterocycles. The molecule has 1 rings (SSSR count). The Morgan fingerprint density at radius 1 is 1.53 bits per heavy atom. The van der Waals surface area contributed by atoms with Crippen LogP contribution in [-0.2, 0) is 12.3 Å². The van der Waals surface area contributed by atoms with E-state index in [0.717, 1.165) is 6.07 Å². The molecule has 0 aliphatic carbocycles. The van der Waals surface area contributed by atoms with Crippen molar-refractivity contribution in [3.8, 4) is 6.07 Å². The highest BCUT2D eigenvalue weighted by Crippen LogP contribution is 2.23. The molecule has 0 radical (unpaired) electrons. The molecule has 0 fully saturated rings. The molecule has 0 aromatic carbocycles. The Bertz CT molecular complexity index is 401. The maximum atomic E-state index is 13.0. The van der Waals surface area contributed by atoms with Crippen LogP contribution < -0.4 is 0 Å². The van der Waals surface area contributed by atoms with Gasteiger partial charge in [0.05, 0.1) is 18.2 Å². The van der Waals surface area contributed by atoms with Crippen molar-refractivity contribution in [1.29, 1.82) is 5.26 Å². The highest BCUT2D eigenvalue weighted by Gasteiger charge is 2.18. The summed E-state index contributed by atoms with van der Waals surface area (Å²) in [5.74, 6) is -1.16. The van der Waals surface area contributed by atoms with Gasteiger partial charge < -0.3 is 0 Å². The fourth-order valence-electron chi connectivity index (χ4n) is 1.08. The van der Waals surface area contributed by atoms with Crippen molar-refractivity contribution in [3.63, 3.8) is 0 Å². The lowest BCUT2D eigenvalue weighted by molar-refractivity contribution is 0.140. The third-order valence-electron chi connectivity index (χ3n) is 1.77. The molecular formula is C9H6ClF3N2. The minimum Gasteiger partial charge on any atom is -0.247 e. The average molecular weight is 235 g/mol. The molecule has 0 saturated heterocycles. The Kier molecular flexibility index (Phi) is 3.92. The molecule has 6 heteroatoms. The summed E-state index contributed by atoms with van der Waals surface area (Å²) in [5, 5.41) is 8.42. The van der Waals surface area contributed by atoms with Crippen molar-refractivity contribution in [2.45, 2.75) is 18.7 Å². The smallest absolute Gasteiger partial charge is 0.247 e. The Morgan fingerprint density at radius 2 is 2.20 bits per heavy atom. The fraction of sp³-hybridized carbons (Fsp3) is 0.333. The highest BCUT2D eigenvalue weighted by molar-refractivity contribution is 6.17. The lowest BCUT2D eigenvalue weighted by atomic mass is 10.1. The zero-order valence-corrected chi connectivity index (χ0v) is 8.23. The van der Waals surface area contributed by atoms with Crippen molar-refractivity contribution in [3.05, 3.63) is 28.8 Å². The number of hydrogen-bond donors (Lipinski definition) is 0. The van der Waals surface area contributed by atoms with Crippen LogP contribution in [0.15, 0.2) is 6.07 Å². The number of alkyl halides is 3. The fourth-order valence-corrected chi connectivity index (χ4v) is 1.31. The third-order valence-corrected chi connectivity index (χ3v) is 2.06. The summed E-state index contributed by atoms with van der Waals surface area (Å²) in [6.45, 7) is 0. The van der Waals surface area contributed by atoms with E-state index in [-0.39, 0.29) is 23.6 Å². The van der Waals surface area contributed by atoms with Crippen molar-refractivity contribution < 1.29 is 13.2 Å². The van der Waals surface area contributed by atoms with Gasteiger partial charge in [-0.2, -0.15) is 5.26 Å². The molecule has 0 aliphatic heterocycles. The normalized spacial score (nSPS) is 10.4. The second kappa shape index (κ2) is 4.99. The Morgan fingerprint density at radius 3 is 2.67 bits per heavy atom. The summed E-state index contributed by atoms with van der Waals surface area (Å²) in [7, 11) is 0. The summed E-state index contributed by atoms with van der Waals surface area (Å²) in [4.78, 5) is 3.40. The molecule has 0 bridgehead atoms. The van der Waals surface area contributed by atoms with Crippen molar-refractivity contribution in [1.82, 2.24) is 4.98 Å². The first-order valence-corrected chi connectivity index (χ1v) is 4.52. The van der Waals surface area contributed by atoms with Crippen LogP contribution in [0.2, 0.25) is 0 Å². The van der Waals surface area contributed by atoms with E-state index in [0.29, 0.717) is 0 Å². The van der Waals surface area contributed by atoms with Crippen LogP contribution in [0.1, 0.15) is 23.4 Å². The molecule has 0 aliphatic rings. The first kappa shape index (κ1) is 11.8. The topological polar surface area (TPSA) is 36.7 Å². The summed E-state index contributed by atoms with van der Waals surface area (Å²) in [5.41, 5.74) is -0.571. The third kappa shape index (κ3) is 2.60. The molecule has 0 spiro atoms. The van der Waals surface area contributed by atoms with Gasteiger partial charge in [0.25, 0.3) is 6.43 Å². The maximum absolute atomic E-state index is 13.0. The van der Waals surface area contributed by atoms with Crippen LogP contribution in [0, 0.1) is 17.1 Å². The lowest BCUT2D eigenvalue weighted by Crippen LogP contribution is -2.04. The Hall–Kier alpha value is -1.28. The van der Waals surface area contributed by atoms with E-state index in [4.69, 9.17) is 16.9 Å². The quantitative estimate of drug-likeness (QED) is 0.754. The second-order valence-corrected chi connectivity index (χ2v) is 3.00. The minimum absolute atomic E-state index is 0.0650. The van der Waals surface area contributed by atoms with Crippen LogP contribution in [0.5, 0.6) is 0 Å². The molecule has 0 N–H and O–H groups in total. The number of hydrogen-bond acceptors (Lipinski definition) is 2. The van der Waals surface area contributed by atoms with Crippen LogP contribution in [0.3, 0.4) is 0 Å². The number of halogens is 4. The molecule has 80 valence electrons. The zero-order valence-electron chi connectivity index (χ0n) is 7.48. The van der Waals surface area contributed by atoms with Gasteiger partial charge in [-0.1, -0.05) is 0 Å². The van der Waals surface area contributed by atoms with Gasteiger partial charge in [0.1, 0.15) is 5.69 Å². The monoisotopic (exact) mass is 234 g/mol. The largest absolute Gasteiger partial charge is 0.283 e. The van der Waals surface area contributed by atoms with Gasteiger partial charge in [-0.05, 0) is 11.6 Å². The molecule has 0 saturated carbocycles. The Labute approximate surface area is 89.3 Å². The van der Waals surface area contributed by atoms with Gasteiger partial charge in [-0.25, -0.2) is 18.2 Å². The van der Waals surface area contributed by atoms with E-state index in [1.807, 2.05) is 0 Å². The van der Waals surface area contributed by atoms with Gasteiger partial charge >= 0.3 is 0 Å². The summed E-state index contributed by atoms with van der Waals surface area (Å²) in [6.07, 6.45) is -3.16. The molecular weight excluding hydrogens is 229 g/mol. The minimum atomic E-state index is -2.99. The van der Waals surface area contributed by atoms with Crippen molar-refractivity contribution in [2.24, 2.45) is 0 Å². The first-order valence-electron chi connectivity index (χ1n) is 3.99. The molecule has 15 heavy (non-hydrogen) atoms. The predicted octanol–water partition coefficient (Wildman–Crippen LogP) is 2.96.